The number of nitrogens with one attached hydrogen (secondary N) is 1. The van der Waals surface area contributed by atoms with Crippen LogP contribution in [0.25, 0.3) is 0 Å². The Bertz CT molecular complexity index is 693. The molecule has 0 aliphatic carbocycles. The van der Waals surface area contributed by atoms with Gasteiger partial charge in [0.25, 0.3) is 5.69 Å². The molecular formula is C15H13ClN2O2S. The van der Waals surface area contributed by atoms with E-state index in [9.17, 15) is 10.1 Å². The van der Waals surface area contributed by atoms with E-state index in [2.05, 4.69) is 17.4 Å². The highest BCUT2D eigenvalue weighted by atomic mass is 35.5. The first-order valence-corrected chi connectivity index (χ1v) is 8.04. The lowest BCUT2D eigenvalue weighted by Gasteiger charge is -2.26. The lowest BCUT2D eigenvalue weighted by molar-refractivity contribution is -0.384. The van der Waals surface area contributed by atoms with Crippen molar-refractivity contribution in [1.29, 1.82) is 0 Å². The van der Waals surface area contributed by atoms with Crippen molar-refractivity contribution in [3.8, 4) is 0 Å². The number of fused-ring (bicyclic) bond motifs is 1. The summed E-state index contributed by atoms with van der Waals surface area (Å²) in [6, 6.07) is 13.0. The maximum absolute atomic E-state index is 11.2. The molecule has 21 heavy (non-hydrogen) atoms. The van der Waals surface area contributed by atoms with Crippen LogP contribution in [0.2, 0.25) is 5.02 Å². The van der Waals surface area contributed by atoms with Crippen molar-refractivity contribution in [3.05, 3.63) is 68.7 Å². The molecule has 0 bridgehead atoms. The number of anilines is 1. The van der Waals surface area contributed by atoms with Gasteiger partial charge in [-0.2, -0.15) is 11.8 Å². The molecule has 3 rings (SSSR count). The number of halogens is 1. The average molecular weight is 321 g/mol. The maximum Gasteiger partial charge on any atom is 0.293 e. The van der Waals surface area contributed by atoms with Gasteiger partial charge >= 0.3 is 0 Å². The number of nitrogens with zero attached hydrogens (tertiary/aromatic N) is 1. The van der Waals surface area contributed by atoms with Crippen molar-refractivity contribution in [2.24, 2.45) is 0 Å². The molecule has 2 aromatic carbocycles. The molecule has 0 spiro atoms. The first kappa shape index (κ1) is 14.2. The Kier molecular flexibility index (Phi) is 4.03. The van der Waals surface area contributed by atoms with Gasteiger partial charge in [0.15, 0.2) is 0 Å². The van der Waals surface area contributed by atoms with Gasteiger partial charge in [0, 0.05) is 22.6 Å². The van der Waals surface area contributed by atoms with Crippen molar-refractivity contribution in [3.63, 3.8) is 0 Å². The van der Waals surface area contributed by atoms with Gasteiger partial charge in [-0.25, -0.2) is 0 Å². The molecule has 1 unspecified atom stereocenters. The van der Waals surface area contributed by atoms with E-state index in [4.69, 9.17) is 11.6 Å². The van der Waals surface area contributed by atoms with Crippen molar-refractivity contribution < 1.29 is 4.92 Å². The molecule has 108 valence electrons. The minimum atomic E-state index is -0.407. The van der Waals surface area contributed by atoms with Gasteiger partial charge in [0.1, 0.15) is 5.69 Å². The third-order valence-corrected chi connectivity index (χ3v) is 4.78. The summed E-state index contributed by atoms with van der Waals surface area (Å²) in [5.74, 6) is 1.87. The summed E-state index contributed by atoms with van der Waals surface area (Å²) in [4.78, 5) is 10.8. The molecule has 0 fully saturated rings. The predicted molar refractivity (Wildman–Crippen MR) is 87.1 cm³/mol. The van der Waals surface area contributed by atoms with Crippen LogP contribution in [0.3, 0.4) is 0 Å². The Morgan fingerprint density at radius 3 is 2.90 bits per heavy atom. The SMILES string of the molecule is O=[N+]([O-])c1cc(Cl)ccc1NC1CSCc2ccccc21. The van der Waals surface area contributed by atoms with Gasteiger partial charge in [-0.05, 0) is 23.3 Å². The van der Waals surface area contributed by atoms with Crippen LogP contribution >= 0.6 is 23.4 Å². The molecule has 4 nitrogen and oxygen atoms in total. The molecule has 0 radical (unpaired) electrons. The molecule has 0 amide bonds. The molecule has 1 heterocycles. The van der Waals surface area contributed by atoms with E-state index in [0.717, 1.165) is 11.5 Å². The number of nitro benzene ring substituents is 1. The number of nitro groups is 1. The van der Waals surface area contributed by atoms with E-state index in [-0.39, 0.29) is 11.7 Å². The minimum Gasteiger partial charge on any atom is -0.372 e. The summed E-state index contributed by atoms with van der Waals surface area (Å²) >= 11 is 7.67. The second kappa shape index (κ2) is 5.95. The van der Waals surface area contributed by atoms with E-state index in [0.29, 0.717) is 10.7 Å². The highest BCUT2D eigenvalue weighted by molar-refractivity contribution is 7.98. The standard InChI is InChI=1S/C15H13ClN2O2S/c16-11-5-6-13(15(7-11)18(19)20)17-14-9-21-8-10-3-1-2-4-12(10)14/h1-7,14,17H,8-9H2. The summed E-state index contributed by atoms with van der Waals surface area (Å²) in [6.07, 6.45) is 0. The first-order chi connectivity index (χ1) is 10.1. The van der Waals surface area contributed by atoms with Gasteiger partial charge in [-0.3, -0.25) is 10.1 Å². The smallest absolute Gasteiger partial charge is 0.293 e. The summed E-state index contributed by atoms with van der Waals surface area (Å²) in [7, 11) is 0. The predicted octanol–water partition coefficient (Wildman–Crippen LogP) is 4.65. The number of hydrogen-bond acceptors (Lipinski definition) is 4. The van der Waals surface area contributed by atoms with E-state index in [1.165, 1.54) is 17.2 Å². The van der Waals surface area contributed by atoms with Crippen LogP contribution in [0.5, 0.6) is 0 Å². The maximum atomic E-state index is 11.2. The fourth-order valence-electron chi connectivity index (χ4n) is 2.47. The Hall–Kier alpha value is -1.72. The largest absolute Gasteiger partial charge is 0.372 e. The highest BCUT2D eigenvalue weighted by Gasteiger charge is 2.23. The van der Waals surface area contributed by atoms with Crippen LogP contribution in [0, 0.1) is 10.1 Å². The number of hydrogen-bond donors (Lipinski definition) is 1. The van der Waals surface area contributed by atoms with Crippen molar-refractivity contribution in [1.82, 2.24) is 0 Å². The van der Waals surface area contributed by atoms with Crippen molar-refractivity contribution >= 4 is 34.7 Å². The zero-order chi connectivity index (χ0) is 14.8. The average Bonchev–Trinajstić information content (AvgIpc) is 2.49. The zero-order valence-corrected chi connectivity index (χ0v) is 12.7. The van der Waals surface area contributed by atoms with Crippen LogP contribution in [0.4, 0.5) is 11.4 Å². The van der Waals surface area contributed by atoms with Crippen LogP contribution < -0.4 is 5.32 Å². The zero-order valence-electron chi connectivity index (χ0n) is 11.1. The monoisotopic (exact) mass is 320 g/mol. The third-order valence-electron chi connectivity index (χ3n) is 3.46. The Morgan fingerprint density at radius 1 is 1.29 bits per heavy atom. The molecule has 0 saturated carbocycles. The lowest BCUT2D eigenvalue weighted by atomic mass is 10.0. The molecule has 1 atom stereocenters. The topological polar surface area (TPSA) is 55.2 Å². The normalized spacial score (nSPS) is 17.1. The van der Waals surface area contributed by atoms with E-state index in [1.54, 1.807) is 12.1 Å². The van der Waals surface area contributed by atoms with E-state index >= 15 is 0 Å². The molecule has 2 aromatic rings. The quantitative estimate of drug-likeness (QED) is 0.660. The molecule has 6 heteroatoms. The van der Waals surface area contributed by atoms with E-state index < -0.39 is 4.92 Å². The lowest BCUT2D eigenvalue weighted by Crippen LogP contribution is -2.19. The highest BCUT2D eigenvalue weighted by Crippen LogP contribution is 2.36. The summed E-state index contributed by atoms with van der Waals surface area (Å²) in [6.45, 7) is 0. The fourth-order valence-corrected chi connectivity index (χ4v) is 3.73. The van der Waals surface area contributed by atoms with Crippen molar-refractivity contribution in [2.75, 3.05) is 11.1 Å². The second-order valence-corrected chi connectivity index (χ2v) is 6.30. The fraction of sp³-hybridized carbons (Fsp3) is 0.200. The first-order valence-electron chi connectivity index (χ1n) is 6.51. The second-order valence-electron chi connectivity index (χ2n) is 4.83. The van der Waals surface area contributed by atoms with Gasteiger partial charge in [-0.15, -0.1) is 0 Å². The van der Waals surface area contributed by atoms with Crippen LogP contribution in [0.15, 0.2) is 42.5 Å². The summed E-state index contributed by atoms with van der Waals surface area (Å²) in [5, 5.41) is 14.8. The molecular weight excluding hydrogens is 308 g/mol. The third kappa shape index (κ3) is 2.99. The number of rotatable bonds is 3. The van der Waals surface area contributed by atoms with Crippen LogP contribution in [-0.2, 0) is 5.75 Å². The summed E-state index contributed by atoms with van der Waals surface area (Å²) < 4.78 is 0. The molecule has 0 saturated heterocycles. The Labute approximate surface area is 131 Å². The molecule has 1 aliphatic rings. The Balaban J connectivity index is 1.93. The Morgan fingerprint density at radius 2 is 2.10 bits per heavy atom. The minimum absolute atomic E-state index is 0.00977. The van der Waals surface area contributed by atoms with Crippen LogP contribution in [-0.4, -0.2) is 10.7 Å². The number of thioether (sulfide) groups is 1. The van der Waals surface area contributed by atoms with Crippen molar-refractivity contribution in [2.45, 2.75) is 11.8 Å². The molecule has 1 aliphatic heterocycles. The molecule has 1 N–H and O–H groups in total. The van der Waals surface area contributed by atoms with Crippen LogP contribution in [0.1, 0.15) is 17.2 Å². The van der Waals surface area contributed by atoms with Gasteiger partial charge in [0.05, 0.1) is 11.0 Å². The molecule has 0 aromatic heterocycles. The van der Waals surface area contributed by atoms with E-state index in [1.807, 2.05) is 23.9 Å². The van der Waals surface area contributed by atoms with Gasteiger partial charge in [-0.1, -0.05) is 35.9 Å². The summed E-state index contributed by atoms with van der Waals surface area (Å²) in [5.41, 5.74) is 3.01. The van der Waals surface area contributed by atoms with Gasteiger partial charge in [0.2, 0.25) is 0 Å². The van der Waals surface area contributed by atoms with Gasteiger partial charge < -0.3 is 5.32 Å². The number of benzene rings is 2.